The molecule has 0 aliphatic heterocycles. The lowest BCUT2D eigenvalue weighted by Crippen LogP contribution is -2.16. The maximum atomic E-state index is 13.1. The number of benzene rings is 1. The monoisotopic (exact) mass is 421 g/mol. The fraction of sp³-hybridized carbons (Fsp3) is 0.125. The van der Waals surface area contributed by atoms with Crippen molar-refractivity contribution in [3.63, 3.8) is 0 Å². The summed E-state index contributed by atoms with van der Waals surface area (Å²) < 4.78 is 104. The molecule has 1 aromatic carbocycles. The van der Waals surface area contributed by atoms with E-state index in [0.29, 0.717) is 24.4 Å². The van der Waals surface area contributed by atoms with E-state index >= 15 is 0 Å². The Morgan fingerprint density at radius 2 is 1.57 bits per heavy atom. The number of nitrogens with one attached hydrogen (secondary N) is 1. The molecule has 12 heteroatoms. The van der Waals surface area contributed by atoms with Gasteiger partial charge in [0.1, 0.15) is 10.6 Å². The van der Waals surface area contributed by atoms with Crippen molar-refractivity contribution in [2.45, 2.75) is 17.2 Å². The van der Waals surface area contributed by atoms with Crippen LogP contribution in [0, 0.1) is 0 Å². The van der Waals surface area contributed by atoms with Gasteiger partial charge in [-0.2, -0.15) is 26.3 Å². The number of nitrogens with zero attached hydrogens (tertiary/aromatic N) is 2. The van der Waals surface area contributed by atoms with Crippen LogP contribution in [0.1, 0.15) is 11.3 Å². The van der Waals surface area contributed by atoms with Gasteiger partial charge in [-0.25, -0.2) is 8.42 Å². The summed E-state index contributed by atoms with van der Waals surface area (Å²) in [5.41, 5.74) is -2.81. The molecule has 148 valence electrons. The fourth-order valence-corrected chi connectivity index (χ4v) is 3.42. The van der Waals surface area contributed by atoms with Gasteiger partial charge in [0, 0.05) is 17.8 Å². The summed E-state index contributed by atoms with van der Waals surface area (Å²) in [6, 6.07) is 5.13. The number of anilines is 1. The van der Waals surface area contributed by atoms with Crippen LogP contribution in [0.25, 0.3) is 10.9 Å². The topological polar surface area (TPSA) is 72.0 Å². The molecule has 0 bridgehead atoms. The van der Waals surface area contributed by atoms with E-state index in [9.17, 15) is 34.8 Å². The third-order valence-corrected chi connectivity index (χ3v) is 5.01. The van der Waals surface area contributed by atoms with Crippen molar-refractivity contribution >= 4 is 26.6 Å². The quantitative estimate of drug-likeness (QED) is 0.634. The molecule has 0 atom stereocenters. The van der Waals surface area contributed by atoms with Crippen molar-refractivity contribution < 1.29 is 34.8 Å². The Morgan fingerprint density at radius 3 is 2.14 bits per heavy atom. The lowest BCUT2D eigenvalue weighted by Gasteiger charge is -2.14. The van der Waals surface area contributed by atoms with Crippen LogP contribution in [0.3, 0.4) is 0 Å². The zero-order valence-electron chi connectivity index (χ0n) is 13.5. The van der Waals surface area contributed by atoms with E-state index in [0.717, 1.165) is 12.1 Å². The molecule has 0 aliphatic rings. The molecule has 3 rings (SSSR count). The van der Waals surface area contributed by atoms with Crippen LogP contribution in [0.15, 0.2) is 53.7 Å². The highest BCUT2D eigenvalue weighted by atomic mass is 32.2. The Labute approximate surface area is 154 Å². The van der Waals surface area contributed by atoms with Gasteiger partial charge in [-0.3, -0.25) is 14.7 Å². The van der Waals surface area contributed by atoms with E-state index in [2.05, 4.69) is 9.97 Å². The average Bonchev–Trinajstić information content (AvgIpc) is 2.60. The van der Waals surface area contributed by atoms with Gasteiger partial charge in [0.15, 0.2) is 0 Å². The molecular formula is C16H9F6N3O2S. The highest BCUT2D eigenvalue weighted by Gasteiger charge is 2.34. The molecule has 0 saturated carbocycles. The minimum atomic E-state index is -4.75. The molecule has 0 fully saturated rings. The molecule has 2 aromatic heterocycles. The number of hydrogen-bond donors (Lipinski definition) is 1. The van der Waals surface area contributed by atoms with Crippen LogP contribution in [0.4, 0.5) is 32.0 Å². The maximum absolute atomic E-state index is 13.1. The first kappa shape index (κ1) is 19.9. The molecule has 0 saturated heterocycles. The minimum Gasteiger partial charge on any atom is -0.277 e. The lowest BCUT2D eigenvalue weighted by atomic mass is 10.1. The van der Waals surface area contributed by atoms with Gasteiger partial charge in [0.25, 0.3) is 10.0 Å². The lowest BCUT2D eigenvalue weighted by molar-refractivity contribution is -0.141. The van der Waals surface area contributed by atoms with E-state index in [1.54, 1.807) is 0 Å². The molecule has 0 spiro atoms. The summed E-state index contributed by atoms with van der Waals surface area (Å²) in [4.78, 5) is 6.25. The first-order valence-corrected chi connectivity index (χ1v) is 8.89. The van der Waals surface area contributed by atoms with Gasteiger partial charge in [0.2, 0.25) is 0 Å². The molecule has 0 amide bonds. The van der Waals surface area contributed by atoms with Gasteiger partial charge in [0.05, 0.1) is 16.8 Å². The summed E-state index contributed by atoms with van der Waals surface area (Å²) >= 11 is 0. The van der Waals surface area contributed by atoms with E-state index in [1.807, 2.05) is 4.72 Å². The SMILES string of the molecule is O=S(=O)(Nc1ccc(C(F)(F)F)c2cccnc12)c1ccc(C(F)(F)F)nc1. The van der Waals surface area contributed by atoms with Gasteiger partial charge >= 0.3 is 12.4 Å². The van der Waals surface area contributed by atoms with Crippen molar-refractivity contribution in [3.05, 3.63) is 60.0 Å². The third kappa shape index (κ3) is 3.86. The Bertz CT molecular complexity index is 1130. The normalized spacial score (nSPS) is 12.9. The van der Waals surface area contributed by atoms with Gasteiger partial charge in [-0.1, -0.05) is 6.07 Å². The molecule has 3 aromatic rings. The number of halogens is 6. The summed E-state index contributed by atoms with van der Waals surface area (Å²) in [5, 5.41) is -0.333. The highest BCUT2D eigenvalue weighted by molar-refractivity contribution is 7.92. The van der Waals surface area contributed by atoms with Crippen molar-refractivity contribution in [1.29, 1.82) is 0 Å². The number of aromatic nitrogens is 2. The summed E-state index contributed by atoms with van der Waals surface area (Å²) in [5.74, 6) is 0. The van der Waals surface area contributed by atoms with Gasteiger partial charge in [-0.15, -0.1) is 0 Å². The van der Waals surface area contributed by atoms with Crippen LogP contribution in [0.2, 0.25) is 0 Å². The number of hydrogen-bond acceptors (Lipinski definition) is 4. The van der Waals surface area contributed by atoms with Crippen LogP contribution in [0.5, 0.6) is 0 Å². The molecule has 0 aliphatic carbocycles. The summed E-state index contributed by atoms with van der Waals surface area (Å²) in [7, 11) is -4.42. The van der Waals surface area contributed by atoms with Crippen LogP contribution >= 0.6 is 0 Å². The summed E-state index contributed by atoms with van der Waals surface area (Å²) in [6.07, 6.45) is -7.75. The first-order valence-electron chi connectivity index (χ1n) is 7.40. The second kappa shape index (κ2) is 6.62. The molecule has 5 nitrogen and oxygen atoms in total. The molecule has 0 unspecified atom stereocenters. The number of sulfonamides is 1. The van der Waals surface area contributed by atoms with E-state index in [-0.39, 0.29) is 16.6 Å². The summed E-state index contributed by atoms with van der Waals surface area (Å²) in [6.45, 7) is 0. The van der Waals surface area contributed by atoms with Crippen molar-refractivity contribution in [3.8, 4) is 0 Å². The standard InChI is InChI=1S/C16H9F6N3O2S/c17-15(18,19)11-4-5-12(14-10(11)2-1-7-23-14)25-28(26,27)9-3-6-13(24-8-9)16(20,21)22/h1-8,25H. The number of pyridine rings is 2. The highest BCUT2D eigenvalue weighted by Crippen LogP contribution is 2.37. The first-order chi connectivity index (χ1) is 12.9. The van der Waals surface area contributed by atoms with Crippen molar-refractivity contribution in [1.82, 2.24) is 9.97 Å². The molecule has 0 radical (unpaired) electrons. The molecule has 1 N–H and O–H groups in total. The predicted octanol–water partition coefficient (Wildman–Crippen LogP) is 4.47. The minimum absolute atomic E-state index is 0.261. The number of rotatable bonds is 3. The Hall–Kier alpha value is -2.89. The molecule has 28 heavy (non-hydrogen) atoms. The van der Waals surface area contributed by atoms with Gasteiger partial charge < -0.3 is 0 Å². The van der Waals surface area contributed by atoms with Gasteiger partial charge in [-0.05, 0) is 30.3 Å². The third-order valence-electron chi connectivity index (χ3n) is 3.66. The molecular weight excluding hydrogens is 412 g/mol. The number of alkyl halides is 6. The smallest absolute Gasteiger partial charge is 0.277 e. The van der Waals surface area contributed by atoms with Crippen LogP contribution < -0.4 is 4.72 Å². The second-order valence-corrected chi connectivity index (χ2v) is 7.22. The Balaban J connectivity index is 2.03. The second-order valence-electron chi connectivity index (χ2n) is 5.54. The zero-order chi connectivity index (χ0) is 20.7. The molecule has 2 heterocycles. The largest absolute Gasteiger partial charge is 0.433 e. The fourth-order valence-electron chi connectivity index (χ4n) is 2.41. The van der Waals surface area contributed by atoms with E-state index in [4.69, 9.17) is 0 Å². The Kier molecular flexibility index (Phi) is 4.69. The predicted molar refractivity (Wildman–Crippen MR) is 86.8 cm³/mol. The van der Waals surface area contributed by atoms with Crippen molar-refractivity contribution in [2.75, 3.05) is 4.72 Å². The van der Waals surface area contributed by atoms with E-state index < -0.39 is 38.5 Å². The van der Waals surface area contributed by atoms with Crippen LogP contribution in [-0.4, -0.2) is 18.4 Å². The van der Waals surface area contributed by atoms with Crippen molar-refractivity contribution in [2.24, 2.45) is 0 Å². The van der Waals surface area contributed by atoms with Crippen LogP contribution in [-0.2, 0) is 22.4 Å². The Morgan fingerprint density at radius 1 is 0.857 bits per heavy atom. The average molecular weight is 421 g/mol. The maximum Gasteiger partial charge on any atom is 0.433 e. The van der Waals surface area contributed by atoms with E-state index in [1.165, 1.54) is 12.3 Å². The zero-order valence-corrected chi connectivity index (χ0v) is 14.3. The number of fused-ring (bicyclic) bond motifs is 1.